The number of rotatable bonds is 7. The molecule has 2 radical (unpaired) electrons. The van der Waals surface area contributed by atoms with Gasteiger partial charge >= 0.3 is 12.1 Å². The summed E-state index contributed by atoms with van der Waals surface area (Å²) in [7, 11) is 6.81. The third kappa shape index (κ3) is 7.05. The molecule has 0 aromatic rings. The number of carbonyl (C=O) groups excluding carboxylic acids is 2. The van der Waals surface area contributed by atoms with Crippen molar-refractivity contribution < 1.29 is 28.5 Å². The lowest BCUT2D eigenvalue weighted by atomic mass is 10.0. The van der Waals surface area contributed by atoms with Crippen LogP contribution < -0.4 is 0 Å². The summed E-state index contributed by atoms with van der Waals surface area (Å²) in [5, 5.41) is 0. The third-order valence-electron chi connectivity index (χ3n) is 2.78. The van der Waals surface area contributed by atoms with Crippen LogP contribution in [0.4, 0.5) is 4.79 Å². The molecule has 0 amide bonds. The third-order valence-corrected chi connectivity index (χ3v) is 2.78. The van der Waals surface area contributed by atoms with E-state index in [1.165, 1.54) is 21.0 Å². The topological polar surface area (TPSA) is 71.1 Å². The molecule has 0 N–H and O–H groups in total. The molecule has 7 heteroatoms. The van der Waals surface area contributed by atoms with Gasteiger partial charge in [-0.25, -0.2) is 9.59 Å². The molecule has 0 aromatic heterocycles. The smallest absolute Gasteiger partial charge is 0.467 e. The molecule has 0 heterocycles. The van der Waals surface area contributed by atoms with E-state index < -0.39 is 29.8 Å². The molecule has 0 saturated heterocycles. The summed E-state index contributed by atoms with van der Waals surface area (Å²) in [6.45, 7) is 6.23. The Hall–Kier alpha value is -1.68. The van der Waals surface area contributed by atoms with Crippen molar-refractivity contribution in [3.8, 4) is 12.3 Å². The summed E-state index contributed by atoms with van der Waals surface area (Å²) < 4.78 is 19.6. The van der Waals surface area contributed by atoms with Crippen molar-refractivity contribution >= 4 is 20.0 Å². The predicted molar refractivity (Wildman–Crippen MR) is 76.6 cm³/mol. The summed E-state index contributed by atoms with van der Waals surface area (Å²) >= 11 is 0. The van der Waals surface area contributed by atoms with Crippen LogP contribution in [-0.2, 0) is 23.7 Å². The van der Waals surface area contributed by atoms with E-state index in [1.54, 1.807) is 13.8 Å². The summed E-state index contributed by atoms with van der Waals surface area (Å²) in [5.74, 6) is 1.64. The van der Waals surface area contributed by atoms with Gasteiger partial charge in [0, 0.05) is 0 Å². The van der Waals surface area contributed by atoms with E-state index in [-0.39, 0.29) is 12.5 Å². The minimum absolute atomic E-state index is 0.184. The Bertz CT molecular complexity index is 401. The van der Waals surface area contributed by atoms with Gasteiger partial charge in [-0.3, -0.25) is 0 Å². The average molecular weight is 296 g/mol. The van der Waals surface area contributed by atoms with E-state index in [2.05, 4.69) is 10.7 Å². The van der Waals surface area contributed by atoms with E-state index >= 15 is 0 Å². The number of hydrogen-bond donors (Lipinski definition) is 0. The number of esters is 1. The highest BCUT2D eigenvalue weighted by Gasteiger charge is 2.30. The normalized spacial score (nSPS) is 15.2. The quantitative estimate of drug-likeness (QED) is 0.400. The molecular weight excluding hydrogens is 275 g/mol. The lowest BCUT2D eigenvalue weighted by Crippen LogP contribution is -2.39. The Labute approximate surface area is 126 Å². The van der Waals surface area contributed by atoms with Crippen LogP contribution in [0.3, 0.4) is 0 Å². The summed E-state index contributed by atoms with van der Waals surface area (Å²) in [5.41, 5.74) is -1.19. The fraction of sp³-hybridized carbons (Fsp3) is 0.714. The molecule has 116 valence electrons. The van der Waals surface area contributed by atoms with Gasteiger partial charge in [-0.15, -0.1) is 6.42 Å². The molecule has 0 aliphatic carbocycles. The van der Waals surface area contributed by atoms with Gasteiger partial charge in [0.05, 0.1) is 25.6 Å². The van der Waals surface area contributed by atoms with Crippen LogP contribution in [0.2, 0.25) is 0 Å². The molecule has 0 aliphatic heterocycles. The van der Waals surface area contributed by atoms with Crippen molar-refractivity contribution in [1.29, 1.82) is 0 Å². The highest BCUT2D eigenvalue weighted by atomic mass is 16.7. The molecule has 0 rings (SSSR count). The van der Waals surface area contributed by atoms with Crippen LogP contribution in [0, 0.1) is 18.3 Å². The molecule has 3 unspecified atom stereocenters. The Kier molecular flexibility index (Phi) is 7.89. The van der Waals surface area contributed by atoms with Crippen molar-refractivity contribution in [2.45, 2.75) is 45.4 Å². The Morgan fingerprint density at radius 3 is 2.33 bits per heavy atom. The largest absolute Gasteiger partial charge is 0.508 e. The lowest BCUT2D eigenvalue weighted by Gasteiger charge is -2.24. The fourth-order valence-electron chi connectivity index (χ4n) is 1.17. The van der Waals surface area contributed by atoms with Gasteiger partial charge in [0.25, 0.3) is 0 Å². The number of carbonyl (C=O) groups is 2. The van der Waals surface area contributed by atoms with E-state index in [4.69, 9.17) is 28.5 Å². The second kappa shape index (κ2) is 8.58. The Balaban J connectivity index is 4.21. The summed E-state index contributed by atoms with van der Waals surface area (Å²) in [6.07, 6.45) is 3.77. The Morgan fingerprint density at radius 1 is 1.29 bits per heavy atom. The van der Waals surface area contributed by atoms with Gasteiger partial charge in [-0.2, -0.15) is 0 Å². The van der Waals surface area contributed by atoms with Crippen molar-refractivity contribution in [2.75, 3.05) is 13.7 Å². The average Bonchev–Trinajstić information content (AvgIpc) is 2.42. The molecule has 0 saturated carbocycles. The van der Waals surface area contributed by atoms with Crippen molar-refractivity contribution in [3.05, 3.63) is 0 Å². The van der Waals surface area contributed by atoms with Crippen LogP contribution in [0.1, 0.15) is 27.7 Å². The number of hydrogen-bond acceptors (Lipinski definition) is 6. The van der Waals surface area contributed by atoms with Crippen molar-refractivity contribution in [3.63, 3.8) is 0 Å². The molecule has 0 spiro atoms. The molecular formula is C14H21BO6. The van der Waals surface area contributed by atoms with Crippen LogP contribution in [-0.4, -0.2) is 51.4 Å². The van der Waals surface area contributed by atoms with Crippen molar-refractivity contribution in [1.82, 2.24) is 0 Å². The van der Waals surface area contributed by atoms with E-state index in [1.807, 2.05) is 0 Å². The van der Waals surface area contributed by atoms with Gasteiger partial charge in [0.15, 0.2) is 5.60 Å². The molecule has 0 bridgehead atoms. The SMILES string of the molecule is [B]C(COC(C)(C)C(=O)OC)OC(=O)OC(C)C(C)C#C. The zero-order chi connectivity index (χ0) is 16.6. The maximum Gasteiger partial charge on any atom is 0.508 e. The van der Waals surface area contributed by atoms with Gasteiger partial charge in [-0.05, 0) is 27.7 Å². The molecule has 0 fully saturated rings. The highest BCUT2D eigenvalue weighted by Crippen LogP contribution is 2.12. The monoisotopic (exact) mass is 296 g/mol. The fourth-order valence-corrected chi connectivity index (χ4v) is 1.17. The number of ether oxygens (including phenoxy) is 4. The van der Waals surface area contributed by atoms with E-state index in [0.29, 0.717) is 0 Å². The van der Waals surface area contributed by atoms with Crippen molar-refractivity contribution in [2.24, 2.45) is 5.92 Å². The van der Waals surface area contributed by atoms with E-state index in [9.17, 15) is 9.59 Å². The van der Waals surface area contributed by atoms with Gasteiger partial charge in [0.2, 0.25) is 0 Å². The first-order chi connectivity index (χ1) is 9.63. The zero-order valence-corrected chi connectivity index (χ0v) is 13.0. The van der Waals surface area contributed by atoms with Crippen LogP contribution in [0.15, 0.2) is 0 Å². The summed E-state index contributed by atoms with van der Waals surface area (Å²) in [4.78, 5) is 22.8. The second-order valence-electron chi connectivity index (χ2n) is 5.00. The van der Waals surface area contributed by atoms with Crippen LogP contribution in [0.5, 0.6) is 0 Å². The predicted octanol–water partition coefficient (Wildman–Crippen LogP) is 1.26. The van der Waals surface area contributed by atoms with Gasteiger partial charge < -0.3 is 18.9 Å². The number of terminal acetylenes is 1. The first-order valence-electron chi connectivity index (χ1n) is 6.45. The molecule has 21 heavy (non-hydrogen) atoms. The van der Waals surface area contributed by atoms with Crippen LogP contribution in [0.25, 0.3) is 0 Å². The minimum atomic E-state index is -1.19. The Morgan fingerprint density at radius 2 is 1.86 bits per heavy atom. The first-order valence-corrected chi connectivity index (χ1v) is 6.45. The maximum atomic E-state index is 11.5. The number of methoxy groups -OCH3 is 1. The van der Waals surface area contributed by atoms with Gasteiger partial charge in [-0.1, -0.05) is 5.92 Å². The zero-order valence-electron chi connectivity index (χ0n) is 13.0. The minimum Gasteiger partial charge on any atom is -0.467 e. The molecule has 6 nitrogen and oxygen atoms in total. The van der Waals surface area contributed by atoms with Gasteiger partial charge in [0.1, 0.15) is 14.0 Å². The highest BCUT2D eigenvalue weighted by molar-refractivity contribution is 6.11. The molecule has 0 aliphatic rings. The maximum absolute atomic E-state index is 11.5. The summed E-state index contributed by atoms with van der Waals surface area (Å²) in [6, 6.07) is -1.07. The molecule has 0 aromatic carbocycles. The van der Waals surface area contributed by atoms with Crippen LogP contribution >= 0.6 is 0 Å². The first kappa shape index (κ1) is 19.3. The van der Waals surface area contributed by atoms with E-state index in [0.717, 1.165) is 0 Å². The second-order valence-corrected chi connectivity index (χ2v) is 5.00. The standard InChI is InChI=1S/C14H21BO6/c1-7-9(2)10(3)20-13(17)21-11(15)8-19-14(4,5)12(16)18-6/h1,9-11H,8H2,2-6H3. The lowest BCUT2D eigenvalue weighted by molar-refractivity contribution is -0.166. The molecule has 3 atom stereocenters.